The van der Waals surface area contributed by atoms with E-state index in [4.69, 9.17) is 25.3 Å². The van der Waals surface area contributed by atoms with Gasteiger partial charge in [0.1, 0.15) is 5.92 Å². The largest absolute Gasteiger partial charge is 2.00 e. The summed E-state index contributed by atoms with van der Waals surface area (Å²) in [6.45, 7) is 14.1. The van der Waals surface area contributed by atoms with Gasteiger partial charge in [-0.1, -0.05) is 73.9 Å². The van der Waals surface area contributed by atoms with Crippen molar-refractivity contribution in [3.63, 3.8) is 0 Å². The first-order valence-electron chi connectivity index (χ1n) is 15.1. The van der Waals surface area contributed by atoms with Crippen molar-refractivity contribution in [2.24, 2.45) is 23.7 Å². The number of hydrogen-bond donors (Lipinski definition) is 1. The summed E-state index contributed by atoms with van der Waals surface area (Å²) in [5, 5.41) is 21.3. The van der Waals surface area contributed by atoms with E-state index < -0.39 is 17.9 Å². The van der Waals surface area contributed by atoms with Crippen molar-refractivity contribution >= 4 is 65.1 Å². The molecule has 0 aromatic carbocycles. The minimum absolute atomic E-state index is 0. The van der Waals surface area contributed by atoms with Crippen LogP contribution in [-0.2, 0) is 25.5 Å². The number of Topliss-reactive ketones (excluding diaryl/α,β-unsaturated/α-hetero) is 1. The van der Waals surface area contributed by atoms with E-state index in [1.54, 1.807) is 6.08 Å². The van der Waals surface area contributed by atoms with E-state index in [9.17, 15) is 19.5 Å². The fraction of sp³-hybridized carbons (Fsp3) is 0.400. The molecule has 3 aliphatic heterocycles. The first-order valence-corrected chi connectivity index (χ1v) is 15.1. The van der Waals surface area contributed by atoms with Gasteiger partial charge in [-0.15, -0.1) is 33.9 Å². The Morgan fingerprint density at radius 1 is 1.07 bits per heavy atom. The third-order valence-corrected chi connectivity index (χ3v) is 9.78. The van der Waals surface area contributed by atoms with Crippen LogP contribution in [-0.4, -0.2) is 59.0 Å². The molecular weight excluding hydrogens is 581 g/mol. The number of carbonyl (C=O) groups excluding carboxylic acids is 2. The summed E-state index contributed by atoms with van der Waals surface area (Å²) in [4.78, 5) is 48.9. The van der Waals surface area contributed by atoms with Crippen molar-refractivity contribution in [2.75, 3.05) is 7.11 Å². The second-order valence-corrected chi connectivity index (χ2v) is 12.1. The van der Waals surface area contributed by atoms with E-state index in [0.29, 0.717) is 34.7 Å². The molecule has 45 heavy (non-hydrogen) atoms. The number of methoxy groups -OCH3 is 1. The fourth-order valence-corrected chi connectivity index (χ4v) is 7.26. The molecule has 0 spiro atoms. The average Bonchev–Trinajstić information content (AvgIpc) is 3.72. The van der Waals surface area contributed by atoms with Gasteiger partial charge in [-0.3, -0.25) is 14.4 Å². The number of ketones is 1. The van der Waals surface area contributed by atoms with Crippen LogP contribution in [0.15, 0.2) is 34.8 Å². The third kappa shape index (κ3) is 5.12. The normalized spacial score (nSPS) is 29.0. The Hall–Kier alpha value is -3.76. The van der Waals surface area contributed by atoms with Crippen molar-refractivity contribution in [3.8, 4) is 0 Å². The first-order chi connectivity index (χ1) is 21.0. The van der Waals surface area contributed by atoms with Gasteiger partial charge < -0.3 is 30.4 Å². The zero-order valence-corrected chi connectivity index (χ0v) is 28.0. The van der Waals surface area contributed by atoms with E-state index in [2.05, 4.69) is 20.4 Å². The first kappa shape index (κ1) is 32.6. The Morgan fingerprint density at radius 3 is 2.44 bits per heavy atom. The van der Waals surface area contributed by atoms with Gasteiger partial charge in [-0.25, -0.2) is 0 Å². The van der Waals surface area contributed by atoms with Crippen LogP contribution in [0.1, 0.15) is 67.3 Å². The molecule has 0 radical (unpaired) electrons. The van der Waals surface area contributed by atoms with Crippen LogP contribution in [0.2, 0.25) is 0 Å². The van der Waals surface area contributed by atoms with Gasteiger partial charge in [0.05, 0.1) is 7.11 Å². The SMILES string of the molecule is C=Cc1c(C)/c2[n-]/c1=C\c1[n-]c(c(CC)c1C)/C=C1\[N-]C3=C(C(=O)[C@H](C(=O)OC)/C3=C3/[N-]C(\C=2)[C@@H](C)[C@@H]3CCC(=O)O)C1C.[Mg+2]. The van der Waals surface area contributed by atoms with Gasteiger partial charge >= 0.3 is 35.0 Å². The molecule has 9 nitrogen and oxygen atoms in total. The molecule has 1 saturated heterocycles. The topological polar surface area (TPSA) is 137 Å². The van der Waals surface area contributed by atoms with Crippen molar-refractivity contribution < 1.29 is 24.2 Å². The quantitative estimate of drug-likeness (QED) is 0.296. The van der Waals surface area contributed by atoms with E-state index >= 15 is 0 Å². The van der Waals surface area contributed by atoms with Crippen molar-refractivity contribution in [1.29, 1.82) is 0 Å². The standard InChI is InChI=1S/C35H38N4O5.Mg/c1-8-19-15(3)22-12-24-17(5)21(10-11-28(40)41)32(38-24)30-31(35(43)44-7)34(42)29-18(6)25(39-33(29)30)14-27-20(9-2)16(4)23(37-27)13-26(19)36-22;/h8,12-14,17-18,21,24,31H,1,9-11H2,2-7H3,(H3,38,39,40,41,42);/q-2;+2/p-2/b22-12-,25-14-,26-13-;/t17-,18?,21-,24?,31+;/m0./s1. The van der Waals surface area contributed by atoms with Crippen LogP contribution >= 0.6 is 0 Å². The number of fused-ring (bicyclic) bond motifs is 7. The number of aromatic nitrogens is 2. The van der Waals surface area contributed by atoms with Crippen molar-refractivity contribution in [1.82, 2.24) is 9.97 Å². The number of allylic oxidation sites excluding steroid dienone is 3. The number of ether oxygens (including phenoxy) is 1. The zero-order chi connectivity index (χ0) is 31.6. The Morgan fingerprint density at radius 2 is 1.80 bits per heavy atom. The number of esters is 1. The maximum absolute atomic E-state index is 14.0. The van der Waals surface area contributed by atoms with Crippen LogP contribution < -0.4 is 20.7 Å². The van der Waals surface area contributed by atoms with E-state index in [0.717, 1.165) is 50.8 Å². The van der Waals surface area contributed by atoms with Crippen molar-refractivity contribution in [3.05, 3.63) is 89.8 Å². The molecule has 2 aromatic heterocycles. The van der Waals surface area contributed by atoms with E-state index in [-0.39, 0.29) is 59.1 Å². The molecule has 5 atom stereocenters. The van der Waals surface area contributed by atoms with Gasteiger partial charge in [0.25, 0.3) is 0 Å². The maximum atomic E-state index is 14.0. The summed E-state index contributed by atoms with van der Waals surface area (Å²) in [7, 11) is 1.27. The van der Waals surface area contributed by atoms with Crippen LogP contribution in [0.25, 0.3) is 34.9 Å². The summed E-state index contributed by atoms with van der Waals surface area (Å²) >= 11 is 0. The predicted octanol–water partition coefficient (Wildman–Crippen LogP) is 3.78. The number of rotatable bonds is 6. The molecule has 5 heterocycles. The van der Waals surface area contributed by atoms with Gasteiger partial charge in [-0.05, 0) is 55.6 Å². The molecule has 2 unspecified atom stereocenters. The molecule has 1 aliphatic carbocycles. The summed E-state index contributed by atoms with van der Waals surface area (Å²) < 4.78 is 5.13. The average molecular weight is 617 g/mol. The fourth-order valence-electron chi connectivity index (χ4n) is 7.26. The predicted molar refractivity (Wildman–Crippen MR) is 173 cm³/mol. The number of carbonyl (C=O) groups is 3. The molecular formula is C35H36MgN4O5-2. The summed E-state index contributed by atoms with van der Waals surface area (Å²) in [6.07, 6.45) is 8.73. The van der Waals surface area contributed by atoms with Crippen LogP contribution in [0, 0.1) is 37.5 Å². The second-order valence-electron chi connectivity index (χ2n) is 12.1. The molecule has 2 aromatic rings. The zero-order valence-electron chi connectivity index (χ0n) is 26.6. The number of hydrogen-bond acceptors (Lipinski definition) is 4. The summed E-state index contributed by atoms with van der Waals surface area (Å²) in [5.41, 5.74) is 8.22. The van der Waals surface area contributed by atoms with Crippen LogP contribution in [0.5, 0.6) is 0 Å². The Balaban J connectivity index is 0.00000400. The molecule has 10 heteroatoms. The Labute approximate surface area is 278 Å². The van der Waals surface area contributed by atoms with E-state index in [1.807, 2.05) is 39.0 Å². The summed E-state index contributed by atoms with van der Waals surface area (Å²) in [5.74, 6) is -3.94. The molecule has 1 fully saturated rings. The molecule has 1 N–H and O–H groups in total. The number of aliphatic carboxylic acids is 1. The minimum atomic E-state index is -1.20. The van der Waals surface area contributed by atoms with Crippen LogP contribution in [0.3, 0.4) is 0 Å². The van der Waals surface area contributed by atoms with Crippen molar-refractivity contribution in [2.45, 2.75) is 59.9 Å². The molecule has 6 rings (SSSR count). The van der Waals surface area contributed by atoms with Gasteiger partial charge in [0, 0.05) is 6.42 Å². The monoisotopic (exact) mass is 616 g/mol. The number of carboxylic acid groups (broad SMARTS) is 1. The molecule has 230 valence electrons. The van der Waals surface area contributed by atoms with Gasteiger partial charge in [0.2, 0.25) is 0 Å². The molecule has 8 bridgehead atoms. The van der Waals surface area contributed by atoms with E-state index in [1.165, 1.54) is 7.11 Å². The summed E-state index contributed by atoms with van der Waals surface area (Å²) in [6, 6.07) is -0.368. The second kappa shape index (κ2) is 12.2. The molecule has 4 aliphatic rings. The third-order valence-electron chi connectivity index (χ3n) is 9.78. The molecule has 0 amide bonds. The smallest absolute Gasteiger partial charge is 0.681 e. The minimum Gasteiger partial charge on any atom is -0.681 e. The maximum Gasteiger partial charge on any atom is 2.00 e. The Kier molecular flexibility index (Phi) is 8.85. The Bertz CT molecular complexity index is 1860. The molecule has 0 saturated carbocycles. The van der Waals surface area contributed by atoms with Gasteiger partial charge in [0.15, 0.2) is 5.78 Å². The number of carboxylic acids is 1. The van der Waals surface area contributed by atoms with Gasteiger partial charge in [-0.2, -0.15) is 11.4 Å². The number of nitrogens with zero attached hydrogens (tertiary/aromatic N) is 4. The van der Waals surface area contributed by atoms with Crippen LogP contribution in [0.4, 0.5) is 0 Å².